The molecule has 0 spiro atoms. The van der Waals surface area contributed by atoms with Crippen LogP contribution in [-0.2, 0) is 10.2 Å². The molecule has 18 heavy (non-hydrogen) atoms. The number of nitrogens with zero attached hydrogens (tertiary/aromatic N) is 1. The van der Waals surface area contributed by atoms with Crippen LogP contribution < -0.4 is 9.44 Å². The van der Waals surface area contributed by atoms with Gasteiger partial charge in [0.25, 0.3) is 10.2 Å². The Morgan fingerprint density at radius 2 is 2.11 bits per heavy atom. The van der Waals surface area contributed by atoms with Crippen LogP contribution in [0.1, 0.15) is 19.4 Å². The molecule has 1 aromatic rings. The Hall–Kier alpha value is -1.10. The van der Waals surface area contributed by atoms with E-state index in [4.69, 9.17) is 5.26 Å². The van der Waals surface area contributed by atoms with Crippen LogP contribution in [0.5, 0.6) is 0 Å². The number of anilines is 1. The van der Waals surface area contributed by atoms with Crippen molar-refractivity contribution in [3.8, 4) is 6.07 Å². The van der Waals surface area contributed by atoms with E-state index < -0.39 is 10.2 Å². The van der Waals surface area contributed by atoms with Crippen molar-refractivity contribution in [1.29, 1.82) is 5.26 Å². The summed E-state index contributed by atoms with van der Waals surface area (Å²) in [7, 11) is -3.65. The molecule has 98 valence electrons. The zero-order valence-electron chi connectivity index (χ0n) is 10.1. The van der Waals surface area contributed by atoms with Crippen molar-refractivity contribution in [3.63, 3.8) is 0 Å². The van der Waals surface area contributed by atoms with Crippen LogP contribution in [0.25, 0.3) is 0 Å². The summed E-state index contributed by atoms with van der Waals surface area (Å²) in [6, 6.07) is 6.71. The Labute approximate surface area is 116 Å². The second-order valence-corrected chi connectivity index (χ2v) is 6.56. The minimum absolute atomic E-state index is 0.208. The van der Waals surface area contributed by atoms with Gasteiger partial charge in [-0.3, -0.25) is 4.72 Å². The fourth-order valence-corrected chi connectivity index (χ4v) is 2.60. The quantitative estimate of drug-likeness (QED) is 0.867. The Kier molecular flexibility index (Phi) is 5.14. The lowest BCUT2D eigenvalue weighted by molar-refractivity contribution is 0.565. The minimum Gasteiger partial charge on any atom is -0.270 e. The highest BCUT2D eigenvalue weighted by Gasteiger charge is 2.13. The molecule has 0 saturated carbocycles. The monoisotopic (exact) mass is 331 g/mol. The van der Waals surface area contributed by atoms with Crippen molar-refractivity contribution in [3.05, 3.63) is 28.2 Å². The van der Waals surface area contributed by atoms with E-state index in [0.29, 0.717) is 11.0 Å². The molecule has 1 aromatic carbocycles. The average Bonchev–Trinajstić information content (AvgIpc) is 2.26. The summed E-state index contributed by atoms with van der Waals surface area (Å²) in [5.74, 6) is 0.208. The van der Waals surface area contributed by atoms with Gasteiger partial charge in [0, 0.05) is 11.0 Å². The molecule has 0 bridgehead atoms. The maximum Gasteiger partial charge on any atom is 0.299 e. The highest BCUT2D eigenvalue weighted by molar-refractivity contribution is 9.10. The molecule has 0 aliphatic rings. The lowest BCUT2D eigenvalue weighted by atomic mass is 10.2. The van der Waals surface area contributed by atoms with E-state index in [1.54, 1.807) is 18.2 Å². The highest BCUT2D eigenvalue weighted by atomic mass is 79.9. The maximum atomic E-state index is 11.7. The van der Waals surface area contributed by atoms with Crippen molar-refractivity contribution in [2.24, 2.45) is 5.92 Å². The summed E-state index contributed by atoms with van der Waals surface area (Å²) >= 11 is 3.23. The summed E-state index contributed by atoms with van der Waals surface area (Å²) < 4.78 is 28.9. The number of nitrogens with one attached hydrogen (secondary N) is 2. The molecular weight excluding hydrogens is 318 g/mol. The van der Waals surface area contributed by atoms with E-state index in [0.717, 1.165) is 0 Å². The number of nitriles is 1. The molecular formula is C11H14BrN3O2S. The predicted molar refractivity (Wildman–Crippen MR) is 74.2 cm³/mol. The van der Waals surface area contributed by atoms with Gasteiger partial charge in [-0.15, -0.1) is 0 Å². The van der Waals surface area contributed by atoms with Crippen LogP contribution in [0, 0.1) is 17.2 Å². The molecule has 0 aliphatic carbocycles. The molecule has 0 aromatic heterocycles. The van der Waals surface area contributed by atoms with Gasteiger partial charge in [-0.05, 0) is 24.1 Å². The lowest BCUT2D eigenvalue weighted by Crippen LogP contribution is -2.33. The first-order valence-electron chi connectivity index (χ1n) is 5.31. The molecule has 0 fully saturated rings. The molecule has 0 heterocycles. The molecule has 0 unspecified atom stereocenters. The summed E-state index contributed by atoms with van der Waals surface area (Å²) in [6.45, 7) is 4.15. The van der Waals surface area contributed by atoms with Crippen LogP contribution in [0.4, 0.5) is 5.69 Å². The first kappa shape index (κ1) is 15.0. The SMILES string of the molecule is CC(C)CNS(=O)(=O)Nc1cc(Br)ccc1C#N. The average molecular weight is 332 g/mol. The Balaban J connectivity index is 2.90. The third-order valence-corrected chi connectivity index (χ3v) is 3.56. The van der Waals surface area contributed by atoms with E-state index in [-0.39, 0.29) is 17.2 Å². The number of halogens is 1. The standard InChI is InChI=1S/C11H14BrN3O2S/c1-8(2)7-14-18(16,17)15-11-5-10(12)4-3-9(11)6-13/h3-5,8,14-15H,7H2,1-2H3. The molecule has 0 aliphatic heterocycles. The topological polar surface area (TPSA) is 82.0 Å². The third-order valence-electron chi connectivity index (χ3n) is 2.03. The molecule has 0 atom stereocenters. The van der Waals surface area contributed by atoms with Gasteiger partial charge in [-0.1, -0.05) is 29.8 Å². The van der Waals surface area contributed by atoms with E-state index in [9.17, 15) is 8.42 Å². The fraction of sp³-hybridized carbons (Fsp3) is 0.364. The van der Waals surface area contributed by atoms with Gasteiger partial charge in [0.2, 0.25) is 0 Å². The summed E-state index contributed by atoms with van der Waals surface area (Å²) in [5.41, 5.74) is 0.524. The largest absolute Gasteiger partial charge is 0.299 e. The maximum absolute atomic E-state index is 11.7. The van der Waals surface area contributed by atoms with Crippen molar-refractivity contribution in [2.45, 2.75) is 13.8 Å². The fourth-order valence-electron chi connectivity index (χ4n) is 1.16. The third kappa shape index (κ3) is 4.64. The van der Waals surface area contributed by atoms with Gasteiger partial charge in [0.05, 0.1) is 11.3 Å². The van der Waals surface area contributed by atoms with Crippen LogP contribution in [0.3, 0.4) is 0 Å². The van der Waals surface area contributed by atoms with Crippen molar-refractivity contribution in [2.75, 3.05) is 11.3 Å². The van der Waals surface area contributed by atoms with Crippen molar-refractivity contribution >= 4 is 31.8 Å². The molecule has 7 heteroatoms. The van der Waals surface area contributed by atoms with E-state index >= 15 is 0 Å². The molecule has 2 N–H and O–H groups in total. The van der Waals surface area contributed by atoms with Crippen LogP contribution in [-0.4, -0.2) is 15.0 Å². The van der Waals surface area contributed by atoms with Gasteiger partial charge < -0.3 is 0 Å². The molecule has 0 saturated heterocycles. The van der Waals surface area contributed by atoms with E-state index in [1.165, 1.54) is 0 Å². The summed E-state index contributed by atoms with van der Waals surface area (Å²) in [5, 5.41) is 8.90. The highest BCUT2D eigenvalue weighted by Crippen LogP contribution is 2.21. The Bertz CT molecular complexity index is 564. The van der Waals surface area contributed by atoms with Crippen molar-refractivity contribution < 1.29 is 8.42 Å². The lowest BCUT2D eigenvalue weighted by Gasteiger charge is -2.12. The number of benzene rings is 1. The second kappa shape index (κ2) is 6.18. The first-order chi connectivity index (χ1) is 8.34. The number of hydrogen-bond acceptors (Lipinski definition) is 3. The van der Waals surface area contributed by atoms with Crippen LogP contribution in [0.15, 0.2) is 22.7 Å². The normalized spacial score (nSPS) is 11.3. The van der Waals surface area contributed by atoms with E-state index in [2.05, 4.69) is 25.4 Å². The zero-order chi connectivity index (χ0) is 13.8. The van der Waals surface area contributed by atoms with Gasteiger partial charge in [-0.2, -0.15) is 18.4 Å². The summed E-state index contributed by atoms with van der Waals surface area (Å²) in [4.78, 5) is 0. The van der Waals surface area contributed by atoms with Gasteiger partial charge >= 0.3 is 0 Å². The smallest absolute Gasteiger partial charge is 0.270 e. The molecule has 0 radical (unpaired) electrons. The van der Waals surface area contributed by atoms with E-state index in [1.807, 2.05) is 19.9 Å². The molecule has 1 rings (SSSR count). The minimum atomic E-state index is -3.65. The van der Waals surface area contributed by atoms with Crippen LogP contribution in [0.2, 0.25) is 0 Å². The molecule has 5 nitrogen and oxygen atoms in total. The molecule has 0 amide bonds. The first-order valence-corrected chi connectivity index (χ1v) is 7.58. The van der Waals surface area contributed by atoms with Crippen LogP contribution >= 0.6 is 15.9 Å². The Morgan fingerprint density at radius 1 is 1.44 bits per heavy atom. The van der Waals surface area contributed by atoms with Gasteiger partial charge in [-0.25, -0.2) is 0 Å². The van der Waals surface area contributed by atoms with Gasteiger partial charge in [0.1, 0.15) is 6.07 Å². The summed E-state index contributed by atoms with van der Waals surface area (Å²) in [6.07, 6.45) is 0. The van der Waals surface area contributed by atoms with Crippen molar-refractivity contribution in [1.82, 2.24) is 4.72 Å². The Morgan fingerprint density at radius 3 is 2.67 bits per heavy atom. The number of rotatable bonds is 5. The second-order valence-electron chi connectivity index (χ2n) is 4.15. The van der Waals surface area contributed by atoms with Gasteiger partial charge in [0.15, 0.2) is 0 Å². The zero-order valence-corrected chi connectivity index (χ0v) is 12.5. The predicted octanol–water partition coefficient (Wildman–Crippen LogP) is 2.22. The number of hydrogen-bond donors (Lipinski definition) is 2.